The molecule has 1 aliphatic carbocycles. The number of Topliss-reactive ketones (excluding diaryl/α,β-unsaturated/α-hetero) is 1. The van der Waals surface area contributed by atoms with Crippen LogP contribution in [-0.4, -0.2) is 21.9 Å². The molecule has 5 rings (SSSR count). The third-order valence-electron chi connectivity index (χ3n) is 5.30. The standard InChI is InChI=1S/C18H16N4O2/c1-9-14-16(22-21-9)19-12-7-4-8-13(23)15(12)18(14)10-5-2-3-6-11(10)20-17(18)24/h2-3,5-6H,4,7-8H2,1H3,(H,20,24)(H2,19,21,22). The normalized spacial score (nSPS) is 24.4. The highest BCUT2D eigenvalue weighted by Gasteiger charge is 2.58. The Kier molecular flexibility index (Phi) is 2.45. The number of hydrogen-bond donors (Lipinski definition) is 3. The van der Waals surface area contributed by atoms with Crippen molar-refractivity contribution in [2.75, 3.05) is 10.6 Å². The van der Waals surface area contributed by atoms with E-state index < -0.39 is 5.41 Å². The summed E-state index contributed by atoms with van der Waals surface area (Å²) in [6.45, 7) is 1.89. The minimum atomic E-state index is -1.10. The molecule has 2 aromatic rings. The molecule has 1 amide bonds. The number of nitrogens with one attached hydrogen (secondary N) is 3. The number of fused-ring (bicyclic) bond motifs is 5. The number of aryl methyl sites for hydroxylation is 1. The van der Waals surface area contributed by atoms with E-state index in [1.54, 1.807) is 0 Å². The average molecular weight is 320 g/mol. The number of H-pyrrole nitrogens is 1. The zero-order valence-electron chi connectivity index (χ0n) is 13.2. The van der Waals surface area contributed by atoms with Gasteiger partial charge in [0, 0.05) is 40.2 Å². The first-order chi connectivity index (χ1) is 11.6. The molecular weight excluding hydrogens is 304 g/mol. The number of rotatable bonds is 0. The van der Waals surface area contributed by atoms with Crippen LogP contribution >= 0.6 is 0 Å². The second-order valence-corrected chi connectivity index (χ2v) is 6.58. The Morgan fingerprint density at radius 3 is 2.83 bits per heavy atom. The number of hydrogen-bond acceptors (Lipinski definition) is 4. The molecule has 1 unspecified atom stereocenters. The van der Waals surface area contributed by atoms with Gasteiger partial charge in [-0.3, -0.25) is 14.7 Å². The van der Waals surface area contributed by atoms with Crippen LogP contribution in [0.3, 0.4) is 0 Å². The highest BCUT2D eigenvalue weighted by atomic mass is 16.2. The number of aromatic nitrogens is 2. The van der Waals surface area contributed by atoms with Gasteiger partial charge in [-0.25, -0.2) is 0 Å². The number of para-hydroxylation sites is 1. The number of ketones is 1. The summed E-state index contributed by atoms with van der Waals surface area (Å²) in [4.78, 5) is 26.1. The van der Waals surface area contributed by atoms with Crippen LogP contribution in [0, 0.1) is 6.92 Å². The van der Waals surface area contributed by atoms with E-state index in [9.17, 15) is 9.59 Å². The SMILES string of the molecule is Cc1[nH]nc2c1C1(C(=O)Nc3ccccc31)C1=C(CCCC1=O)N2. The smallest absolute Gasteiger partial charge is 0.244 e. The van der Waals surface area contributed by atoms with Crippen molar-refractivity contribution in [3.05, 3.63) is 52.4 Å². The summed E-state index contributed by atoms with van der Waals surface area (Å²) in [7, 11) is 0. The van der Waals surface area contributed by atoms with Crippen molar-refractivity contribution in [1.29, 1.82) is 0 Å². The number of benzene rings is 1. The molecule has 0 radical (unpaired) electrons. The fourth-order valence-electron chi connectivity index (χ4n) is 4.40. The van der Waals surface area contributed by atoms with Gasteiger partial charge in [0.25, 0.3) is 0 Å². The first kappa shape index (κ1) is 13.5. The van der Waals surface area contributed by atoms with E-state index in [1.807, 2.05) is 31.2 Å². The molecular formula is C18H16N4O2. The highest BCUT2D eigenvalue weighted by Crippen LogP contribution is 2.55. The van der Waals surface area contributed by atoms with Gasteiger partial charge in [0.1, 0.15) is 5.41 Å². The third-order valence-corrected chi connectivity index (χ3v) is 5.30. The molecule has 1 spiro atoms. The van der Waals surface area contributed by atoms with Crippen molar-refractivity contribution in [3.8, 4) is 0 Å². The van der Waals surface area contributed by atoms with Gasteiger partial charge in [-0.05, 0) is 25.8 Å². The molecule has 1 atom stereocenters. The summed E-state index contributed by atoms with van der Waals surface area (Å²) in [5, 5.41) is 13.6. The first-order valence-electron chi connectivity index (χ1n) is 8.14. The Balaban J connectivity index is 1.94. The summed E-state index contributed by atoms with van der Waals surface area (Å²) in [6.07, 6.45) is 2.02. The van der Waals surface area contributed by atoms with Crippen LogP contribution < -0.4 is 10.6 Å². The number of anilines is 2. The molecule has 1 aromatic carbocycles. The minimum absolute atomic E-state index is 0.0434. The number of allylic oxidation sites excluding steroid dienone is 1. The molecule has 24 heavy (non-hydrogen) atoms. The van der Waals surface area contributed by atoms with Crippen molar-refractivity contribution in [1.82, 2.24) is 10.2 Å². The molecule has 2 aliphatic heterocycles. The summed E-state index contributed by atoms with van der Waals surface area (Å²) < 4.78 is 0. The van der Waals surface area contributed by atoms with E-state index in [1.165, 1.54) is 0 Å². The monoisotopic (exact) mass is 320 g/mol. The Hall–Kier alpha value is -2.89. The molecule has 6 heteroatoms. The zero-order chi connectivity index (χ0) is 16.5. The molecule has 6 nitrogen and oxygen atoms in total. The van der Waals surface area contributed by atoms with Gasteiger partial charge in [0.15, 0.2) is 11.6 Å². The second kappa shape index (κ2) is 4.35. The summed E-state index contributed by atoms with van der Waals surface area (Å²) in [5.41, 5.74) is 3.49. The molecule has 0 saturated carbocycles. The lowest BCUT2D eigenvalue weighted by atomic mass is 9.64. The zero-order valence-corrected chi connectivity index (χ0v) is 13.2. The van der Waals surface area contributed by atoms with E-state index in [2.05, 4.69) is 20.8 Å². The van der Waals surface area contributed by atoms with Crippen LogP contribution in [-0.2, 0) is 15.0 Å². The number of nitrogens with zero attached hydrogens (tertiary/aromatic N) is 1. The third kappa shape index (κ3) is 1.39. The largest absolute Gasteiger partial charge is 0.342 e. The van der Waals surface area contributed by atoms with Crippen LogP contribution in [0.4, 0.5) is 11.5 Å². The van der Waals surface area contributed by atoms with Crippen molar-refractivity contribution in [3.63, 3.8) is 0 Å². The number of amides is 1. The predicted molar refractivity (Wildman–Crippen MR) is 88.7 cm³/mol. The minimum Gasteiger partial charge on any atom is -0.342 e. The van der Waals surface area contributed by atoms with Crippen molar-refractivity contribution >= 4 is 23.2 Å². The Morgan fingerprint density at radius 1 is 1.12 bits per heavy atom. The first-order valence-corrected chi connectivity index (χ1v) is 8.14. The number of aromatic amines is 1. The lowest BCUT2D eigenvalue weighted by Gasteiger charge is -2.38. The molecule has 120 valence electrons. The topological polar surface area (TPSA) is 86.9 Å². The van der Waals surface area contributed by atoms with E-state index in [0.29, 0.717) is 17.8 Å². The number of carbonyl (C=O) groups is 2. The van der Waals surface area contributed by atoms with Crippen molar-refractivity contribution in [2.45, 2.75) is 31.6 Å². The number of carbonyl (C=O) groups excluding carboxylic acids is 2. The second-order valence-electron chi connectivity index (χ2n) is 6.58. The van der Waals surface area contributed by atoms with Gasteiger partial charge in [-0.2, -0.15) is 5.10 Å². The maximum atomic E-state index is 13.3. The van der Waals surface area contributed by atoms with E-state index in [0.717, 1.165) is 41.0 Å². The highest BCUT2D eigenvalue weighted by molar-refractivity contribution is 6.19. The molecule has 3 heterocycles. The summed E-state index contributed by atoms with van der Waals surface area (Å²) in [5.74, 6) is 0.522. The van der Waals surface area contributed by atoms with Crippen LogP contribution in [0.1, 0.15) is 36.1 Å². The lowest BCUT2D eigenvalue weighted by molar-refractivity contribution is -0.122. The molecule has 0 bridgehead atoms. The van der Waals surface area contributed by atoms with Gasteiger partial charge < -0.3 is 10.6 Å². The van der Waals surface area contributed by atoms with Gasteiger partial charge in [-0.15, -0.1) is 0 Å². The lowest BCUT2D eigenvalue weighted by Crippen LogP contribution is -2.45. The fraction of sp³-hybridized carbons (Fsp3) is 0.278. The maximum absolute atomic E-state index is 13.3. The van der Waals surface area contributed by atoms with Gasteiger partial charge in [0.2, 0.25) is 5.91 Å². The van der Waals surface area contributed by atoms with Gasteiger partial charge >= 0.3 is 0 Å². The Morgan fingerprint density at radius 2 is 1.96 bits per heavy atom. The summed E-state index contributed by atoms with van der Waals surface area (Å²) >= 11 is 0. The predicted octanol–water partition coefficient (Wildman–Crippen LogP) is 2.39. The van der Waals surface area contributed by atoms with Crippen LogP contribution in [0.2, 0.25) is 0 Å². The maximum Gasteiger partial charge on any atom is 0.244 e. The average Bonchev–Trinajstić information content (AvgIpc) is 3.07. The quantitative estimate of drug-likeness (QED) is 0.695. The molecule has 1 aromatic heterocycles. The van der Waals surface area contributed by atoms with Crippen LogP contribution in [0.15, 0.2) is 35.5 Å². The van der Waals surface area contributed by atoms with E-state index in [-0.39, 0.29) is 11.7 Å². The van der Waals surface area contributed by atoms with Crippen LogP contribution in [0.25, 0.3) is 0 Å². The van der Waals surface area contributed by atoms with Gasteiger partial charge in [-0.1, -0.05) is 18.2 Å². The Labute approximate surface area is 138 Å². The molecule has 3 aliphatic rings. The van der Waals surface area contributed by atoms with Crippen molar-refractivity contribution < 1.29 is 9.59 Å². The molecule has 3 N–H and O–H groups in total. The van der Waals surface area contributed by atoms with Gasteiger partial charge in [0.05, 0.1) is 0 Å². The fourth-order valence-corrected chi connectivity index (χ4v) is 4.40. The molecule has 0 saturated heterocycles. The van der Waals surface area contributed by atoms with Crippen molar-refractivity contribution in [2.24, 2.45) is 0 Å². The molecule has 0 fully saturated rings. The van der Waals surface area contributed by atoms with Crippen LogP contribution in [0.5, 0.6) is 0 Å². The van der Waals surface area contributed by atoms with E-state index >= 15 is 0 Å². The Bertz CT molecular complexity index is 956. The summed E-state index contributed by atoms with van der Waals surface area (Å²) in [6, 6.07) is 7.61. The van der Waals surface area contributed by atoms with E-state index in [4.69, 9.17) is 0 Å².